The molecule has 0 heterocycles. The zero-order valence-corrected chi connectivity index (χ0v) is 14.2. The van der Waals surface area contributed by atoms with Gasteiger partial charge >= 0.3 is 117 Å². The molecule has 0 atom stereocenters. The quantitative estimate of drug-likeness (QED) is 0.477. The number of hydrogen-bond donors (Lipinski definition) is 0. The van der Waals surface area contributed by atoms with Gasteiger partial charge in [-0.1, -0.05) is 0 Å². The van der Waals surface area contributed by atoms with Crippen LogP contribution in [0.3, 0.4) is 0 Å². The van der Waals surface area contributed by atoms with Crippen LogP contribution < -0.4 is 24.8 Å². The molecular formula is C12H8Cl2F6Zr. The molecule has 0 radical (unpaired) electrons. The van der Waals surface area contributed by atoms with E-state index in [0.29, 0.717) is 0 Å². The predicted octanol–water partition coefficient (Wildman–Crippen LogP) is -1.37. The van der Waals surface area contributed by atoms with Crippen LogP contribution in [0.1, 0.15) is 12.8 Å². The first kappa shape index (κ1) is 21.0. The summed E-state index contributed by atoms with van der Waals surface area (Å²) in [5.74, 6) is 0. The molecule has 0 aliphatic heterocycles. The fraction of sp³-hybridized carbons (Fsp3) is 0.333. The smallest absolute Gasteiger partial charge is 1.00 e. The SMILES string of the molecule is FC(F)(F)C1=[C]([Zr+2][C]2=C(C(F)(F)F)C=CC2)CC=C1.[Cl-].[Cl-]. The third kappa shape index (κ3) is 5.00. The van der Waals surface area contributed by atoms with Crippen LogP contribution in [0.2, 0.25) is 0 Å². The maximum Gasteiger partial charge on any atom is -1.00 e. The standard InChI is InChI=1S/2C6H4F3.2ClH.Zr/c2*7-6(8,9)5-3-1-2-4-5;;;/h2*1,3H,2H2;2*1H;/q;;;;+2/p-2. The topological polar surface area (TPSA) is 0 Å². The fourth-order valence-corrected chi connectivity index (χ4v) is 5.71. The Hall–Kier alpha value is 0.00312. The van der Waals surface area contributed by atoms with Crippen LogP contribution in [0.5, 0.6) is 0 Å². The number of allylic oxidation sites excluding steroid dienone is 8. The van der Waals surface area contributed by atoms with Gasteiger partial charge in [0.15, 0.2) is 0 Å². The Kier molecular flexibility index (Phi) is 7.52. The summed E-state index contributed by atoms with van der Waals surface area (Å²) in [6.07, 6.45) is -3.96. The molecule has 0 amide bonds. The number of hydrogen-bond acceptors (Lipinski definition) is 0. The molecule has 116 valence electrons. The minimum atomic E-state index is -4.46. The van der Waals surface area contributed by atoms with E-state index in [9.17, 15) is 26.3 Å². The fourth-order valence-electron chi connectivity index (χ4n) is 1.96. The van der Waals surface area contributed by atoms with Crippen molar-refractivity contribution in [2.45, 2.75) is 25.2 Å². The Balaban J connectivity index is 0.00000200. The first-order valence-electron chi connectivity index (χ1n) is 5.40. The number of alkyl halides is 6. The summed E-state index contributed by atoms with van der Waals surface area (Å²) in [7, 11) is 0. The van der Waals surface area contributed by atoms with E-state index in [1.807, 2.05) is 0 Å². The third-order valence-corrected chi connectivity index (χ3v) is 6.59. The van der Waals surface area contributed by atoms with Crippen molar-refractivity contribution >= 4 is 0 Å². The molecule has 0 spiro atoms. The summed E-state index contributed by atoms with van der Waals surface area (Å²) in [6.45, 7) is 0. The maximum absolute atomic E-state index is 12.7. The first-order chi connectivity index (χ1) is 8.69. The average Bonchev–Trinajstić information content (AvgIpc) is 2.83. The molecule has 21 heavy (non-hydrogen) atoms. The molecule has 0 saturated heterocycles. The van der Waals surface area contributed by atoms with Crippen molar-refractivity contribution in [2.24, 2.45) is 0 Å². The van der Waals surface area contributed by atoms with E-state index in [-0.39, 0.29) is 44.2 Å². The van der Waals surface area contributed by atoms with E-state index >= 15 is 0 Å². The second kappa shape index (κ2) is 7.52. The van der Waals surface area contributed by atoms with E-state index in [1.165, 1.54) is 12.2 Å². The van der Waals surface area contributed by atoms with Crippen molar-refractivity contribution in [3.05, 3.63) is 42.0 Å². The molecule has 2 rings (SSSR count). The summed E-state index contributed by atoms with van der Waals surface area (Å²) >= 11 is -2.01. The Morgan fingerprint density at radius 3 is 1.33 bits per heavy atom. The van der Waals surface area contributed by atoms with Gasteiger partial charge in [-0.2, -0.15) is 0 Å². The van der Waals surface area contributed by atoms with Crippen LogP contribution in [0.15, 0.2) is 42.0 Å². The first-order valence-corrected chi connectivity index (χ1v) is 7.86. The molecule has 0 aromatic rings. The Morgan fingerprint density at radius 2 is 1.05 bits per heavy atom. The normalized spacial score (nSPS) is 17.8. The second-order valence-electron chi connectivity index (χ2n) is 4.12. The summed E-state index contributed by atoms with van der Waals surface area (Å²) in [6, 6.07) is 0. The molecule has 0 fully saturated rings. The summed E-state index contributed by atoms with van der Waals surface area (Å²) < 4.78 is 76.4. The number of rotatable bonds is 2. The van der Waals surface area contributed by atoms with Crippen LogP contribution in [-0.2, 0) is 23.2 Å². The molecule has 0 saturated carbocycles. The molecule has 0 N–H and O–H groups in total. The van der Waals surface area contributed by atoms with Crippen LogP contribution in [0.25, 0.3) is 0 Å². The van der Waals surface area contributed by atoms with Gasteiger partial charge in [0.05, 0.1) is 0 Å². The van der Waals surface area contributed by atoms with Crippen molar-refractivity contribution < 1.29 is 74.4 Å². The maximum atomic E-state index is 12.7. The van der Waals surface area contributed by atoms with Crippen LogP contribution in [0.4, 0.5) is 26.3 Å². The van der Waals surface area contributed by atoms with E-state index in [2.05, 4.69) is 0 Å². The molecule has 0 bridgehead atoms. The van der Waals surface area contributed by atoms with Gasteiger partial charge in [-0.15, -0.1) is 0 Å². The van der Waals surface area contributed by atoms with Crippen LogP contribution in [-0.4, -0.2) is 12.4 Å². The minimum Gasteiger partial charge on any atom is -1.00 e. The molecule has 0 aromatic heterocycles. The average molecular weight is 428 g/mol. The minimum absolute atomic E-state index is 0. The summed E-state index contributed by atoms with van der Waals surface area (Å²) in [5.41, 5.74) is -1.47. The zero-order chi connectivity index (χ0) is 14.3. The van der Waals surface area contributed by atoms with Gasteiger partial charge in [0.2, 0.25) is 0 Å². The summed E-state index contributed by atoms with van der Waals surface area (Å²) in [4.78, 5) is 0. The zero-order valence-electron chi connectivity index (χ0n) is 10.2. The van der Waals surface area contributed by atoms with Gasteiger partial charge in [-0.05, 0) is 0 Å². The van der Waals surface area contributed by atoms with Crippen molar-refractivity contribution in [2.75, 3.05) is 0 Å². The van der Waals surface area contributed by atoms with E-state index in [1.54, 1.807) is 0 Å². The number of halogens is 8. The van der Waals surface area contributed by atoms with Gasteiger partial charge in [0.1, 0.15) is 0 Å². The Morgan fingerprint density at radius 1 is 0.714 bits per heavy atom. The monoisotopic (exact) mass is 426 g/mol. The van der Waals surface area contributed by atoms with E-state index < -0.39 is 46.7 Å². The van der Waals surface area contributed by atoms with Crippen molar-refractivity contribution in [1.82, 2.24) is 0 Å². The second-order valence-corrected chi connectivity index (χ2v) is 7.70. The van der Waals surface area contributed by atoms with Gasteiger partial charge in [0.25, 0.3) is 0 Å². The third-order valence-electron chi connectivity index (χ3n) is 2.78. The van der Waals surface area contributed by atoms with Crippen LogP contribution >= 0.6 is 0 Å². The van der Waals surface area contributed by atoms with Gasteiger partial charge in [0, 0.05) is 0 Å². The Bertz CT molecular complexity index is 465. The largest absolute Gasteiger partial charge is 1.00 e. The van der Waals surface area contributed by atoms with Crippen LogP contribution in [0, 0.1) is 0 Å². The van der Waals surface area contributed by atoms with E-state index in [4.69, 9.17) is 0 Å². The van der Waals surface area contributed by atoms with Gasteiger partial charge in [-0.3, -0.25) is 0 Å². The van der Waals surface area contributed by atoms with Crippen molar-refractivity contribution in [3.8, 4) is 0 Å². The molecule has 0 nitrogen and oxygen atoms in total. The van der Waals surface area contributed by atoms with E-state index in [0.717, 1.165) is 12.2 Å². The molecule has 2 aliphatic carbocycles. The van der Waals surface area contributed by atoms with Gasteiger partial charge in [-0.25, -0.2) is 0 Å². The van der Waals surface area contributed by atoms with Gasteiger partial charge < -0.3 is 24.8 Å². The summed E-state index contributed by atoms with van der Waals surface area (Å²) in [5, 5.41) is 0. The molecule has 0 aromatic carbocycles. The van der Waals surface area contributed by atoms with Crippen molar-refractivity contribution in [1.29, 1.82) is 0 Å². The predicted molar refractivity (Wildman–Crippen MR) is 53.7 cm³/mol. The molecule has 9 heteroatoms. The Labute approximate surface area is 141 Å². The van der Waals surface area contributed by atoms with Crippen molar-refractivity contribution in [3.63, 3.8) is 0 Å². The molecular weight excluding hydrogens is 420 g/mol. The molecule has 2 aliphatic rings. The molecule has 0 unspecified atom stereocenters.